The van der Waals surface area contributed by atoms with Crippen molar-refractivity contribution in [2.45, 2.75) is 0 Å². The first-order valence-corrected chi connectivity index (χ1v) is 4.50. The number of hydrogen-bond acceptors (Lipinski definition) is 4. The van der Waals surface area contributed by atoms with Crippen LogP contribution in [0.4, 0.5) is 20.4 Å². The molecule has 0 unspecified atom stereocenters. The molecular formula is C9H7F2N5O. The molecule has 0 aliphatic rings. The number of aromatic nitrogens is 3. The summed E-state index contributed by atoms with van der Waals surface area (Å²) in [5.74, 6) is -2.90. The van der Waals surface area contributed by atoms with Gasteiger partial charge in [-0.2, -0.15) is 4.98 Å². The van der Waals surface area contributed by atoms with Crippen LogP contribution in [-0.2, 0) is 0 Å². The number of anilines is 2. The molecule has 0 aliphatic heterocycles. The van der Waals surface area contributed by atoms with E-state index in [-0.39, 0.29) is 17.5 Å². The number of H-pyrrole nitrogens is 1. The summed E-state index contributed by atoms with van der Waals surface area (Å²) in [6, 6.07) is 2.97. The Hall–Kier alpha value is -2.51. The van der Waals surface area contributed by atoms with Crippen LogP contribution >= 0.6 is 0 Å². The Morgan fingerprint density at radius 2 is 2.12 bits per heavy atom. The number of carbonyl (C=O) groups is 1. The number of benzene rings is 1. The van der Waals surface area contributed by atoms with E-state index in [1.165, 1.54) is 6.07 Å². The topological polar surface area (TPSA) is 96.7 Å². The van der Waals surface area contributed by atoms with Crippen molar-refractivity contribution < 1.29 is 13.6 Å². The molecule has 8 heteroatoms. The highest BCUT2D eigenvalue weighted by Gasteiger charge is 2.11. The summed E-state index contributed by atoms with van der Waals surface area (Å²) in [5.41, 5.74) is 5.31. The van der Waals surface area contributed by atoms with Gasteiger partial charge in [0.25, 0.3) is 5.91 Å². The molecule has 1 aromatic carbocycles. The Morgan fingerprint density at radius 1 is 1.35 bits per heavy atom. The van der Waals surface area contributed by atoms with Crippen LogP contribution in [0.3, 0.4) is 0 Å². The fourth-order valence-corrected chi connectivity index (χ4v) is 1.14. The monoisotopic (exact) mass is 239 g/mol. The molecule has 0 aliphatic carbocycles. The van der Waals surface area contributed by atoms with Gasteiger partial charge in [-0.15, -0.1) is 5.10 Å². The highest BCUT2D eigenvalue weighted by atomic mass is 19.2. The number of amides is 1. The van der Waals surface area contributed by atoms with E-state index in [0.717, 1.165) is 12.1 Å². The molecule has 0 spiro atoms. The van der Waals surface area contributed by atoms with Gasteiger partial charge in [0.05, 0.1) is 0 Å². The van der Waals surface area contributed by atoms with Crippen molar-refractivity contribution in [1.82, 2.24) is 15.2 Å². The lowest BCUT2D eigenvalue weighted by Crippen LogP contribution is -2.14. The number of nitrogen functional groups attached to an aromatic ring is 1. The van der Waals surface area contributed by atoms with Gasteiger partial charge in [0.2, 0.25) is 11.8 Å². The summed E-state index contributed by atoms with van der Waals surface area (Å²) < 4.78 is 25.5. The van der Waals surface area contributed by atoms with E-state index in [1.807, 2.05) is 0 Å². The summed E-state index contributed by atoms with van der Waals surface area (Å²) in [7, 11) is 0. The van der Waals surface area contributed by atoms with Crippen LogP contribution in [0, 0.1) is 11.6 Å². The number of nitrogens with one attached hydrogen (secondary N) is 2. The number of rotatable bonds is 2. The Balaban J connectivity index is 2.15. The second-order valence-electron chi connectivity index (χ2n) is 3.13. The van der Waals surface area contributed by atoms with Gasteiger partial charge in [0, 0.05) is 11.8 Å². The number of nitrogens with two attached hydrogens (primary N) is 1. The van der Waals surface area contributed by atoms with Gasteiger partial charge in [-0.05, 0) is 12.1 Å². The Kier molecular flexibility index (Phi) is 2.69. The van der Waals surface area contributed by atoms with E-state index in [4.69, 9.17) is 5.73 Å². The van der Waals surface area contributed by atoms with Crippen LogP contribution in [0.5, 0.6) is 0 Å². The normalized spacial score (nSPS) is 10.2. The SMILES string of the molecule is Nc1n[nH]c(C(=O)Nc2ccc(F)c(F)c2)n1. The molecule has 2 aromatic rings. The molecule has 88 valence electrons. The summed E-state index contributed by atoms with van der Waals surface area (Å²) in [6.07, 6.45) is 0. The lowest BCUT2D eigenvalue weighted by Gasteiger charge is -2.02. The van der Waals surface area contributed by atoms with Gasteiger partial charge < -0.3 is 11.1 Å². The van der Waals surface area contributed by atoms with Crippen LogP contribution in [0.1, 0.15) is 10.6 Å². The van der Waals surface area contributed by atoms with E-state index < -0.39 is 17.5 Å². The summed E-state index contributed by atoms with van der Waals surface area (Å²) in [4.78, 5) is 15.1. The molecule has 2 rings (SSSR count). The molecule has 4 N–H and O–H groups in total. The highest BCUT2D eigenvalue weighted by molar-refractivity contribution is 6.01. The maximum Gasteiger partial charge on any atom is 0.293 e. The van der Waals surface area contributed by atoms with Gasteiger partial charge in [0.1, 0.15) is 0 Å². The van der Waals surface area contributed by atoms with Gasteiger partial charge in [-0.3, -0.25) is 9.89 Å². The second kappa shape index (κ2) is 4.16. The summed E-state index contributed by atoms with van der Waals surface area (Å²) in [5, 5.41) is 8.05. The predicted molar refractivity (Wildman–Crippen MR) is 55.1 cm³/mol. The predicted octanol–water partition coefficient (Wildman–Crippen LogP) is 0.917. The van der Waals surface area contributed by atoms with Crippen molar-refractivity contribution in [3.63, 3.8) is 0 Å². The smallest absolute Gasteiger partial charge is 0.293 e. The van der Waals surface area contributed by atoms with Crippen molar-refractivity contribution in [2.24, 2.45) is 0 Å². The third-order valence-corrected chi connectivity index (χ3v) is 1.90. The summed E-state index contributed by atoms with van der Waals surface area (Å²) in [6.45, 7) is 0. The van der Waals surface area contributed by atoms with Crippen molar-refractivity contribution in [3.8, 4) is 0 Å². The first kappa shape index (κ1) is 11.0. The summed E-state index contributed by atoms with van der Waals surface area (Å²) >= 11 is 0. The first-order chi connectivity index (χ1) is 8.06. The Bertz CT molecular complexity index is 568. The van der Waals surface area contributed by atoms with Crippen LogP contribution in [0.15, 0.2) is 18.2 Å². The second-order valence-corrected chi connectivity index (χ2v) is 3.13. The molecule has 6 nitrogen and oxygen atoms in total. The number of aromatic amines is 1. The van der Waals surface area contributed by atoms with Gasteiger partial charge >= 0.3 is 0 Å². The van der Waals surface area contributed by atoms with Crippen LogP contribution in [0.25, 0.3) is 0 Å². The minimum absolute atomic E-state index is 0.0829. The van der Waals surface area contributed by atoms with Crippen molar-refractivity contribution >= 4 is 17.5 Å². The zero-order chi connectivity index (χ0) is 12.4. The van der Waals surface area contributed by atoms with Crippen molar-refractivity contribution in [3.05, 3.63) is 35.7 Å². The minimum Gasteiger partial charge on any atom is -0.366 e. The van der Waals surface area contributed by atoms with Gasteiger partial charge in [-0.1, -0.05) is 0 Å². The lowest BCUT2D eigenvalue weighted by atomic mass is 10.3. The Morgan fingerprint density at radius 3 is 2.71 bits per heavy atom. The van der Waals surface area contributed by atoms with Crippen molar-refractivity contribution in [2.75, 3.05) is 11.1 Å². The van der Waals surface area contributed by atoms with Crippen molar-refractivity contribution in [1.29, 1.82) is 0 Å². The minimum atomic E-state index is -1.06. The molecule has 1 aromatic heterocycles. The lowest BCUT2D eigenvalue weighted by molar-refractivity contribution is 0.101. The fraction of sp³-hybridized carbons (Fsp3) is 0. The molecule has 0 saturated carbocycles. The zero-order valence-electron chi connectivity index (χ0n) is 8.37. The number of carbonyl (C=O) groups excluding carboxylic acids is 1. The van der Waals surface area contributed by atoms with Gasteiger partial charge in [0.15, 0.2) is 11.6 Å². The first-order valence-electron chi connectivity index (χ1n) is 4.50. The molecular weight excluding hydrogens is 232 g/mol. The Labute approximate surface area is 93.9 Å². The average Bonchev–Trinajstić information content (AvgIpc) is 2.70. The van der Waals surface area contributed by atoms with E-state index in [0.29, 0.717) is 0 Å². The molecule has 1 amide bonds. The molecule has 0 radical (unpaired) electrons. The molecule has 0 bridgehead atoms. The van der Waals surface area contributed by atoms with E-state index in [1.54, 1.807) is 0 Å². The third kappa shape index (κ3) is 2.36. The fourth-order valence-electron chi connectivity index (χ4n) is 1.14. The van der Waals surface area contributed by atoms with E-state index in [9.17, 15) is 13.6 Å². The largest absolute Gasteiger partial charge is 0.366 e. The molecule has 1 heterocycles. The molecule has 0 fully saturated rings. The molecule has 0 atom stereocenters. The van der Waals surface area contributed by atoms with E-state index in [2.05, 4.69) is 20.5 Å². The average molecular weight is 239 g/mol. The maximum absolute atomic E-state index is 12.9. The maximum atomic E-state index is 12.9. The highest BCUT2D eigenvalue weighted by Crippen LogP contribution is 2.13. The zero-order valence-corrected chi connectivity index (χ0v) is 8.37. The quantitative estimate of drug-likeness (QED) is 0.725. The molecule has 0 saturated heterocycles. The number of hydrogen-bond donors (Lipinski definition) is 3. The number of nitrogens with zero attached hydrogens (tertiary/aromatic N) is 2. The van der Waals surface area contributed by atoms with Crippen LogP contribution < -0.4 is 11.1 Å². The third-order valence-electron chi connectivity index (χ3n) is 1.90. The number of halogens is 2. The standard InChI is InChI=1S/C9H7F2N5O/c10-5-2-1-4(3-6(5)11)13-8(17)7-14-9(12)16-15-7/h1-3H,(H,13,17)(H3,12,14,15,16). The molecule has 17 heavy (non-hydrogen) atoms. The van der Waals surface area contributed by atoms with Gasteiger partial charge in [-0.25, -0.2) is 8.78 Å². The van der Waals surface area contributed by atoms with E-state index >= 15 is 0 Å². The van der Waals surface area contributed by atoms with Crippen LogP contribution in [-0.4, -0.2) is 21.1 Å². The van der Waals surface area contributed by atoms with Crippen LogP contribution in [0.2, 0.25) is 0 Å².